The van der Waals surface area contributed by atoms with Gasteiger partial charge in [-0.05, 0) is 58.4 Å². The van der Waals surface area contributed by atoms with Crippen LogP contribution in [-0.4, -0.2) is 23.1 Å². The largest absolute Gasteiger partial charge is 0.457 e. The summed E-state index contributed by atoms with van der Waals surface area (Å²) >= 11 is 26.0. The summed E-state index contributed by atoms with van der Waals surface area (Å²) in [4.78, 5) is 28.9. The van der Waals surface area contributed by atoms with E-state index in [2.05, 4.69) is 47.4 Å². The molecule has 0 aliphatic carbocycles. The van der Waals surface area contributed by atoms with E-state index < -0.39 is 11.9 Å². The lowest BCUT2D eigenvalue weighted by molar-refractivity contribution is 0.0699. The van der Waals surface area contributed by atoms with Gasteiger partial charge in [0.2, 0.25) is 5.76 Å². The molecule has 3 aromatic carbocycles. The van der Waals surface area contributed by atoms with Gasteiger partial charge < -0.3 is 14.1 Å². The monoisotopic (exact) mass is 707 g/mol. The van der Waals surface area contributed by atoms with Crippen molar-refractivity contribution in [3.05, 3.63) is 108 Å². The Kier molecular flexibility index (Phi) is 8.16. The number of esters is 1. The number of nitrogens with zero attached hydrogens (tertiary/aromatic N) is 1. The molecule has 0 aliphatic rings. The van der Waals surface area contributed by atoms with E-state index >= 15 is 0 Å². The molecule has 0 aliphatic heterocycles. The second-order valence-corrected chi connectivity index (χ2v) is 11.1. The van der Waals surface area contributed by atoms with Crippen LogP contribution in [0.15, 0.2) is 85.4 Å². The fourth-order valence-corrected chi connectivity index (χ4v) is 5.98. The molecule has 39 heavy (non-hydrogen) atoms. The van der Waals surface area contributed by atoms with Crippen molar-refractivity contribution >= 4 is 95.7 Å². The average Bonchev–Trinajstić information content (AvgIpc) is 3.55. The summed E-state index contributed by atoms with van der Waals surface area (Å²) < 4.78 is 11.8. The van der Waals surface area contributed by atoms with E-state index in [1.807, 2.05) is 6.07 Å². The van der Waals surface area contributed by atoms with Crippen LogP contribution < -0.4 is 10.2 Å². The van der Waals surface area contributed by atoms with Crippen molar-refractivity contribution < 1.29 is 18.7 Å². The second-order valence-electron chi connectivity index (χ2n) is 8.04. The maximum Gasteiger partial charge on any atom is 0.379 e. The Labute approximate surface area is 253 Å². The van der Waals surface area contributed by atoms with Gasteiger partial charge in [0.1, 0.15) is 5.69 Å². The predicted molar refractivity (Wildman–Crippen MR) is 159 cm³/mol. The Bertz CT molecular complexity index is 1770. The summed E-state index contributed by atoms with van der Waals surface area (Å²) in [5.74, 6) is -1.04. The molecule has 0 saturated heterocycles. The number of fused-ring (bicyclic) bond motifs is 1. The van der Waals surface area contributed by atoms with Crippen LogP contribution in [0.4, 0.5) is 0 Å². The minimum Gasteiger partial charge on any atom is -0.457 e. The Balaban J connectivity index is 1.49. The number of carbonyl (C=O) groups excluding carboxylic acids is 2. The molecule has 2 aromatic heterocycles. The normalized spacial score (nSPS) is 11.3. The molecule has 1 amide bonds. The van der Waals surface area contributed by atoms with E-state index in [4.69, 9.17) is 44.0 Å². The second kappa shape index (κ2) is 11.6. The number of halogens is 5. The van der Waals surface area contributed by atoms with E-state index in [1.165, 1.54) is 18.5 Å². The Morgan fingerprint density at radius 3 is 2.54 bits per heavy atom. The zero-order valence-electron chi connectivity index (χ0n) is 19.4. The first-order valence-electron chi connectivity index (χ1n) is 11.1. The first-order valence-corrected chi connectivity index (χ1v) is 13.8. The summed E-state index contributed by atoms with van der Waals surface area (Å²) in [6.07, 6.45) is 2.72. The van der Waals surface area contributed by atoms with Crippen LogP contribution in [0, 0.1) is 0 Å². The summed E-state index contributed by atoms with van der Waals surface area (Å²) in [5.41, 5.74) is 4.74. The molecule has 0 bridgehead atoms. The molecule has 12 heteroatoms. The lowest BCUT2D eigenvalue weighted by Gasteiger charge is -2.10. The van der Waals surface area contributed by atoms with Crippen molar-refractivity contribution in [3.8, 4) is 16.9 Å². The number of aromatic amines is 1. The number of hydrogen-bond donors (Lipinski definition) is 2. The number of nitrogens with one attached hydrogen (secondary N) is 2. The lowest BCUT2D eigenvalue weighted by atomic mass is 10.0. The molecular formula is C27H14Br2Cl3N3O4. The molecule has 2 N–H and O–H groups in total. The minimum absolute atomic E-state index is 0.0330. The van der Waals surface area contributed by atoms with Gasteiger partial charge in [-0.15, -0.1) is 0 Å². The van der Waals surface area contributed by atoms with Crippen LogP contribution >= 0.6 is 66.7 Å². The zero-order valence-corrected chi connectivity index (χ0v) is 24.8. The van der Waals surface area contributed by atoms with Gasteiger partial charge in [0.25, 0.3) is 5.91 Å². The average molecular weight is 711 g/mol. The molecule has 0 fully saturated rings. The fraction of sp³-hybridized carbons (Fsp3) is 0. The molecule has 0 saturated carbocycles. The number of carbonyl (C=O) groups is 2. The highest BCUT2D eigenvalue weighted by molar-refractivity contribution is 9.11. The van der Waals surface area contributed by atoms with Gasteiger partial charge in [-0.3, -0.25) is 4.79 Å². The molecular weight excluding hydrogens is 696 g/mol. The van der Waals surface area contributed by atoms with E-state index in [-0.39, 0.29) is 17.2 Å². The summed E-state index contributed by atoms with van der Waals surface area (Å²) in [7, 11) is 0. The number of furan rings is 1. The van der Waals surface area contributed by atoms with Crippen molar-refractivity contribution in [1.82, 2.24) is 10.4 Å². The van der Waals surface area contributed by atoms with E-state index in [0.717, 1.165) is 0 Å². The molecule has 5 rings (SSSR count). The number of benzene rings is 3. The highest BCUT2D eigenvalue weighted by Crippen LogP contribution is 2.40. The molecule has 0 atom stereocenters. The highest BCUT2D eigenvalue weighted by Gasteiger charge is 2.23. The van der Waals surface area contributed by atoms with Gasteiger partial charge in [0.05, 0.1) is 27.5 Å². The van der Waals surface area contributed by atoms with Crippen LogP contribution in [0.3, 0.4) is 0 Å². The van der Waals surface area contributed by atoms with Gasteiger partial charge in [-0.2, -0.15) is 5.10 Å². The molecule has 0 unspecified atom stereocenters. The summed E-state index contributed by atoms with van der Waals surface area (Å²) in [6, 6.07) is 16.8. The van der Waals surface area contributed by atoms with Gasteiger partial charge in [0, 0.05) is 36.6 Å². The third kappa shape index (κ3) is 5.78. The predicted octanol–water partition coefficient (Wildman–Crippen LogP) is 8.90. The number of H-pyrrole nitrogens is 1. The van der Waals surface area contributed by atoms with Gasteiger partial charge >= 0.3 is 5.97 Å². The maximum atomic E-state index is 13.4. The Morgan fingerprint density at radius 1 is 1.00 bits per heavy atom. The van der Waals surface area contributed by atoms with Gasteiger partial charge in [-0.25, -0.2) is 10.2 Å². The van der Waals surface area contributed by atoms with Crippen molar-refractivity contribution in [2.75, 3.05) is 0 Å². The Hall–Kier alpha value is -3.08. The van der Waals surface area contributed by atoms with Crippen molar-refractivity contribution in [1.29, 1.82) is 0 Å². The molecule has 0 radical (unpaired) electrons. The highest BCUT2D eigenvalue weighted by atomic mass is 79.9. The molecule has 5 aromatic rings. The minimum atomic E-state index is -0.695. The maximum absolute atomic E-state index is 13.4. The van der Waals surface area contributed by atoms with Gasteiger partial charge in [-0.1, -0.05) is 68.9 Å². The van der Waals surface area contributed by atoms with Crippen LogP contribution in [0.1, 0.15) is 26.6 Å². The molecule has 2 heterocycles. The first kappa shape index (κ1) is 27.5. The number of aromatic nitrogens is 1. The standard InChI is InChI=1S/C27H14Br2Cl3N3O4/c28-14-8-13(25(18(29)9-14)39-27(37)21-6-3-7-38-21)12-33-35-26(36)24-22(16-4-1-2-5-19(16)31)17-10-15(30)11-20(32)23(17)34-24/h1-12,34H,(H,35,36). The number of ether oxygens (including phenoxy) is 1. The van der Waals surface area contributed by atoms with E-state index in [0.29, 0.717) is 51.6 Å². The third-order valence-corrected chi connectivity index (χ3v) is 7.41. The SMILES string of the molecule is O=C(Oc1c(Br)cc(Br)cc1C=NNC(=O)c1[nH]c2c(Cl)cc(Cl)cc2c1-c1ccccc1Cl)c1ccco1. The van der Waals surface area contributed by atoms with E-state index in [1.54, 1.807) is 48.5 Å². The van der Waals surface area contributed by atoms with Crippen LogP contribution in [-0.2, 0) is 0 Å². The van der Waals surface area contributed by atoms with Gasteiger partial charge in [0.15, 0.2) is 5.75 Å². The molecule has 7 nitrogen and oxygen atoms in total. The van der Waals surface area contributed by atoms with E-state index in [9.17, 15) is 9.59 Å². The summed E-state index contributed by atoms with van der Waals surface area (Å²) in [6.45, 7) is 0. The quantitative estimate of drug-likeness (QED) is 0.0797. The number of hydrazone groups is 1. The van der Waals surface area contributed by atoms with Crippen LogP contribution in [0.5, 0.6) is 5.75 Å². The van der Waals surface area contributed by atoms with Crippen molar-refractivity contribution in [2.45, 2.75) is 0 Å². The molecule has 0 spiro atoms. The Morgan fingerprint density at radius 2 is 1.79 bits per heavy atom. The van der Waals surface area contributed by atoms with Crippen LogP contribution in [0.2, 0.25) is 15.1 Å². The summed E-state index contributed by atoms with van der Waals surface area (Å²) in [5, 5.41) is 5.91. The fourth-order valence-electron chi connectivity index (χ4n) is 3.87. The zero-order chi connectivity index (χ0) is 27.7. The number of rotatable bonds is 6. The molecule has 196 valence electrons. The topological polar surface area (TPSA) is 96.7 Å². The number of hydrogen-bond acceptors (Lipinski definition) is 5. The smallest absolute Gasteiger partial charge is 0.379 e. The van der Waals surface area contributed by atoms with Crippen LogP contribution in [0.25, 0.3) is 22.0 Å². The first-order chi connectivity index (χ1) is 18.7. The van der Waals surface area contributed by atoms with Crippen molar-refractivity contribution in [3.63, 3.8) is 0 Å². The third-order valence-electron chi connectivity index (χ3n) is 5.52. The number of amides is 1. The van der Waals surface area contributed by atoms with Crippen molar-refractivity contribution in [2.24, 2.45) is 5.10 Å². The lowest BCUT2D eigenvalue weighted by Crippen LogP contribution is -2.19.